The summed E-state index contributed by atoms with van der Waals surface area (Å²) in [6, 6.07) is 2.89. The summed E-state index contributed by atoms with van der Waals surface area (Å²) in [7, 11) is 0. The summed E-state index contributed by atoms with van der Waals surface area (Å²) in [5, 5.41) is 0. The molecule has 1 saturated heterocycles. The molecule has 0 N–H and O–H groups in total. The third-order valence-electron chi connectivity index (χ3n) is 3.09. The van der Waals surface area contributed by atoms with E-state index in [2.05, 4.69) is 4.74 Å². The van der Waals surface area contributed by atoms with Crippen molar-refractivity contribution in [3.8, 4) is 0 Å². The molecule has 8 heteroatoms. The van der Waals surface area contributed by atoms with Crippen LogP contribution in [-0.4, -0.2) is 48.9 Å². The van der Waals surface area contributed by atoms with Crippen LogP contribution in [0.2, 0.25) is 0 Å². The second kappa shape index (κ2) is 6.70. The highest BCUT2D eigenvalue weighted by molar-refractivity contribution is 5.91. The lowest BCUT2D eigenvalue weighted by Gasteiger charge is -2.34. The number of halogens is 3. The van der Waals surface area contributed by atoms with Crippen LogP contribution >= 0.6 is 0 Å². The van der Waals surface area contributed by atoms with Crippen molar-refractivity contribution in [2.75, 3.05) is 19.7 Å². The third kappa shape index (κ3) is 4.74. The van der Waals surface area contributed by atoms with Gasteiger partial charge < -0.3 is 18.8 Å². The molecular formula is C14H18F3NO4. The van der Waals surface area contributed by atoms with E-state index in [0.717, 1.165) is 0 Å². The summed E-state index contributed by atoms with van der Waals surface area (Å²) in [6.07, 6.45) is -4.53. The number of ether oxygens (including phenoxy) is 2. The first-order valence-electron chi connectivity index (χ1n) is 6.92. The van der Waals surface area contributed by atoms with Crippen LogP contribution in [-0.2, 0) is 16.1 Å². The molecule has 0 unspecified atom stereocenters. The van der Waals surface area contributed by atoms with Crippen molar-refractivity contribution < 1.29 is 31.9 Å². The lowest BCUT2D eigenvalue weighted by atomic mass is 10.2. The molecule has 0 saturated carbocycles. The molecule has 1 aromatic rings. The molecule has 0 spiro atoms. The summed E-state index contributed by atoms with van der Waals surface area (Å²) in [4.78, 5) is 13.9. The van der Waals surface area contributed by atoms with Crippen molar-refractivity contribution >= 4 is 5.91 Å². The Morgan fingerprint density at radius 3 is 2.55 bits per heavy atom. The zero-order chi connectivity index (χ0) is 16.3. The molecule has 124 valence electrons. The van der Waals surface area contributed by atoms with Crippen LogP contribution in [0.4, 0.5) is 13.2 Å². The fourth-order valence-corrected chi connectivity index (χ4v) is 2.34. The monoisotopic (exact) mass is 321 g/mol. The van der Waals surface area contributed by atoms with Gasteiger partial charge in [-0.1, -0.05) is 0 Å². The Bertz CT molecular complexity index is 504. The molecule has 0 aliphatic carbocycles. The van der Waals surface area contributed by atoms with E-state index >= 15 is 0 Å². The molecule has 2 rings (SSSR count). The van der Waals surface area contributed by atoms with Gasteiger partial charge in [-0.15, -0.1) is 0 Å². The van der Waals surface area contributed by atoms with Crippen molar-refractivity contribution in [3.05, 3.63) is 23.7 Å². The van der Waals surface area contributed by atoms with Gasteiger partial charge in [0.15, 0.2) is 5.76 Å². The Morgan fingerprint density at radius 1 is 1.32 bits per heavy atom. The lowest BCUT2D eigenvalue weighted by Crippen LogP contribution is -2.48. The average molecular weight is 321 g/mol. The van der Waals surface area contributed by atoms with Gasteiger partial charge in [0, 0.05) is 13.1 Å². The second-order valence-electron chi connectivity index (χ2n) is 5.34. The van der Waals surface area contributed by atoms with Gasteiger partial charge >= 0.3 is 6.18 Å². The number of carbonyl (C=O) groups is 1. The number of carbonyl (C=O) groups excluding carboxylic acids is 1. The maximum Gasteiger partial charge on any atom is 0.411 e. The number of morpholine rings is 1. The van der Waals surface area contributed by atoms with Crippen molar-refractivity contribution in [3.63, 3.8) is 0 Å². The molecule has 0 radical (unpaired) electrons. The van der Waals surface area contributed by atoms with Crippen molar-refractivity contribution in [1.29, 1.82) is 0 Å². The largest absolute Gasteiger partial charge is 0.453 e. The van der Waals surface area contributed by atoms with Crippen LogP contribution < -0.4 is 0 Å². The summed E-state index contributed by atoms with van der Waals surface area (Å²) < 4.78 is 51.2. The molecular weight excluding hydrogens is 303 g/mol. The highest BCUT2D eigenvalue weighted by Crippen LogP contribution is 2.18. The Morgan fingerprint density at radius 2 is 1.95 bits per heavy atom. The molecule has 22 heavy (non-hydrogen) atoms. The Labute approximate surface area is 126 Å². The maximum absolute atomic E-state index is 12.3. The molecule has 1 fully saturated rings. The molecule has 0 bridgehead atoms. The molecule has 1 amide bonds. The maximum atomic E-state index is 12.3. The van der Waals surface area contributed by atoms with Crippen molar-refractivity contribution in [1.82, 2.24) is 4.90 Å². The predicted molar refractivity (Wildman–Crippen MR) is 70.3 cm³/mol. The normalized spacial score (nSPS) is 22.9. The molecule has 1 aromatic heterocycles. The van der Waals surface area contributed by atoms with Crippen LogP contribution in [0.25, 0.3) is 0 Å². The zero-order valence-corrected chi connectivity index (χ0v) is 12.4. The van der Waals surface area contributed by atoms with Crippen LogP contribution in [0.15, 0.2) is 16.5 Å². The number of alkyl halides is 3. The highest BCUT2D eigenvalue weighted by Gasteiger charge is 2.29. The average Bonchev–Trinajstić information content (AvgIpc) is 2.84. The van der Waals surface area contributed by atoms with Crippen LogP contribution in [0.5, 0.6) is 0 Å². The van der Waals surface area contributed by atoms with E-state index < -0.39 is 12.8 Å². The first kappa shape index (κ1) is 16.8. The number of amides is 1. The lowest BCUT2D eigenvalue weighted by molar-refractivity contribution is -0.177. The van der Waals surface area contributed by atoms with Crippen molar-refractivity contribution in [2.24, 2.45) is 0 Å². The minimum Gasteiger partial charge on any atom is -0.453 e. The summed E-state index contributed by atoms with van der Waals surface area (Å²) in [6.45, 7) is 2.95. The van der Waals surface area contributed by atoms with E-state index in [1.807, 2.05) is 13.8 Å². The number of furan rings is 1. The van der Waals surface area contributed by atoms with E-state index in [0.29, 0.717) is 13.1 Å². The standard InChI is InChI=1S/C14H18F3NO4/c1-9-5-18(6-10(2)21-9)13(19)12-4-3-11(22-12)7-20-8-14(15,16)17/h3-4,9-10H,5-8H2,1-2H3/t9-,10-/m1/s1. The topological polar surface area (TPSA) is 51.9 Å². The Balaban J connectivity index is 1.91. The second-order valence-corrected chi connectivity index (χ2v) is 5.34. The van der Waals surface area contributed by atoms with Gasteiger partial charge in [0.2, 0.25) is 0 Å². The molecule has 0 aromatic carbocycles. The molecule has 1 aliphatic rings. The minimum absolute atomic E-state index is 0.0720. The predicted octanol–water partition coefficient (Wildman–Crippen LogP) is 2.61. The SMILES string of the molecule is C[C@@H]1CN(C(=O)c2ccc(COCC(F)(F)F)o2)C[C@@H](C)O1. The van der Waals surface area contributed by atoms with Crippen LogP contribution in [0, 0.1) is 0 Å². The van der Waals surface area contributed by atoms with Gasteiger partial charge in [-0.2, -0.15) is 13.2 Å². The van der Waals surface area contributed by atoms with Gasteiger partial charge in [-0.3, -0.25) is 4.79 Å². The summed E-state index contributed by atoms with van der Waals surface area (Å²) >= 11 is 0. The number of hydrogen-bond acceptors (Lipinski definition) is 4. The number of hydrogen-bond donors (Lipinski definition) is 0. The van der Waals surface area contributed by atoms with E-state index in [1.165, 1.54) is 12.1 Å². The molecule has 2 heterocycles. The van der Waals surface area contributed by atoms with Gasteiger partial charge in [-0.25, -0.2) is 0 Å². The van der Waals surface area contributed by atoms with E-state index in [4.69, 9.17) is 9.15 Å². The first-order chi connectivity index (χ1) is 10.2. The quantitative estimate of drug-likeness (QED) is 0.855. The Kier molecular flexibility index (Phi) is 5.12. The van der Waals surface area contributed by atoms with Gasteiger partial charge in [-0.05, 0) is 26.0 Å². The molecule has 5 nitrogen and oxygen atoms in total. The van der Waals surface area contributed by atoms with E-state index in [-0.39, 0.29) is 36.2 Å². The van der Waals surface area contributed by atoms with Crippen molar-refractivity contribution in [2.45, 2.75) is 38.8 Å². The molecule has 2 atom stereocenters. The van der Waals surface area contributed by atoms with Crippen LogP contribution in [0.1, 0.15) is 30.2 Å². The van der Waals surface area contributed by atoms with Crippen LogP contribution in [0.3, 0.4) is 0 Å². The first-order valence-corrected chi connectivity index (χ1v) is 6.92. The molecule has 1 aliphatic heterocycles. The minimum atomic E-state index is -4.38. The van der Waals surface area contributed by atoms with Gasteiger partial charge in [0.1, 0.15) is 19.0 Å². The third-order valence-corrected chi connectivity index (χ3v) is 3.09. The zero-order valence-electron chi connectivity index (χ0n) is 12.4. The smallest absolute Gasteiger partial charge is 0.411 e. The highest BCUT2D eigenvalue weighted by atomic mass is 19.4. The number of rotatable bonds is 4. The van der Waals surface area contributed by atoms with Gasteiger partial charge in [0.05, 0.1) is 12.2 Å². The number of nitrogens with zero attached hydrogens (tertiary/aromatic N) is 1. The van der Waals surface area contributed by atoms with Gasteiger partial charge in [0.25, 0.3) is 5.91 Å². The van der Waals surface area contributed by atoms with E-state index in [1.54, 1.807) is 4.90 Å². The summed E-state index contributed by atoms with van der Waals surface area (Å²) in [5.41, 5.74) is 0. The Hall–Kier alpha value is -1.54. The van der Waals surface area contributed by atoms with E-state index in [9.17, 15) is 18.0 Å². The summed E-state index contributed by atoms with van der Waals surface area (Å²) in [5.74, 6) is -0.0297. The fraction of sp³-hybridized carbons (Fsp3) is 0.643. The fourth-order valence-electron chi connectivity index (χ4n) is 2.34.